The van der Waals surface area contributed by atoms with Crippen LogP contribution in [0.3, 0.4) is 0 Å². The number of hydrogen-bond donors (Lipinski definition) is 0. The standard InChI is InChI=1S/C94H84BN3/c1-91(2,3)69-46-37-63(38-47-69)74-31-23-32-75(64-39-48-70(49-40-64)92(4,5)6)89(74)97-84-56-45-67(61-25-15-13-16-26-61)57-81(84)95-80-55-54-73(96-82-35-21-19-29-78(82)79-30-20-22-36-83(79)96)60-85(80)98(87-59-68(58-86(97)88(87)95)62-27-17-14-18-28-62)90-76(65-41-50-71(51-42-65)93(7,8)9)33-24-34-77(90)66-43-52-72(53-44-66)94(10,11)12/h13-60H,1-12H3/i19D,20D,21D,22D,29D,30D,35D,36D. The Bertz CT molecular complexity index is 5650. The minimum Gasteiger partial charge on any atom is -0.310 e. The minimum atomic E-state index is -0.496. The Morgan fingerprint density at radius 2 is 0.653 bits per heavy atom. The average molecular weight is 1270 g/mol. The molecule has 0 aliphatic carbocycles. The van der Waals surface area contributed by atoms with Gasteiger partial charge in [0.1, 0.15) is 0 Å². The van der Waals surface area contributed by atoms with Gasteiger partial charge in [-0.1, -0.05) is 332 Å². The molecular formula is C94H84BN3. The SMILES string of the molecule is [2H]c1c([2H])c([2H])c2c(c1[2H])c1c([2H])c([2H])c([2H])c([2H])c1n2-c1ccc2c(c1)N(c1c(-c3ccc(C(C)(C)C)cc3)cccc1-c1ccc(C(C)(C)C)cc1)c1cc(-c3ccccc3)cc3c1B2c1cc(-c2ccccc2)ccc1N3c1c(-c2ccc(C(C)(C)C)cc2)cccc1-c1ccc(C(C)(C)C)cc1. The summed E-state index contributed by atoms with van der Waals surface area (Å²) in [5, 5.41) is 0.0274. The fourth-order valence-corrected chi connectivity index (χ4v) is 15.0. The zero-order valence-corrected chi connectivity index (χ0v) is 58.0. The molecule has 2 aliphatic rings. The Kier molecular flexibility index (Phi) is 12.9. The van der Waals surface area contributed by atoms with Gasteiger partial charge in [-0.3, -0.25) is 0 Å². The number of anilines is 6. The molecule has 0 atom stereocenters. The molecule has 0 N–H and O–H groups in total. The first-order valence-corrected chi connectivity index (χ1v) is 34.4. The smallest absolute Gasteiger partial charge is 0.252 e. The van der Waals surface area contributed by atoms with Crippen molar-refractivity contribution >= 4 is 79.0 Å². The highest BCUT2D eigenvalue weighted by molar-refractivity contribution is 7.00. The van der Waals surface area contributed by atoms with Gasteiger partial charge < -0.3 is 14.4 Å². The molecule has 98 heavy (non-hydrogen) atoms. The summed E-state index contributed by atoms with van der Waals surface area (Å²) in [6.45, 7) is 26.5. The van der Waals surface area contributed by atoms with E-state index in [4.69, 9.17) is 2.74 Å². The molecule has 0 radical (unpaired) electrons. The fourth-order valence-electron chi connectivity index (χ4n) is 15.0. The van der Waals surface area contributed by atoms with Crippen molar-refractivity contribution < 1.29 is 11.0 Å². The van der Waals surface area contributed by atoms with Crippen LogP contribution in [0.25, 0.3) is 94.3 Å². The van der Waals surface area contributed by atoms with Gasteiger partial charge in [0, 0.05) is 61.5 Å². The molecule has 0 saturated heterocycles. The topological polar surface area (TPSA) is 11.4 Å². The molecule has 0 amide bonds. The Hall–Kier alpha value is -10.7. The van der Waals surface area contributed by atoms with Crippen LogP contribution in [0.4, 0.5) is 34.1 Å². The lowest BCUT2D eigenvalue weighted by Crippen LogP contribution is -2.61. The highest BCUT2D eigenvalue weighted by atomic mass is 15.2. The summed E-state index contributed by atoms with van der Waals surface area (Å²) in [6.07, 6.45) is 0. The average Bonchev–Trinajstić information content (AvgIpc) is 1.04. The summed E-state index contributed by atoms with van der Waals surface area (Å²) >= 11 is 0. The van der Waals surface area contributed by atoms with Crippen LogP contribution in [0.15, 0.2) is 291 Å². The molecule has 478 valence electrons. The first-order valence-electron chi connectivity index (χ1n) is 38.4. The summed E-state index contributed by atoms with van der Waals surface area (Å²) in [7, 11) is 0. The van der Waals surface area contributed by atoms with Crippen LogP contribution in [0.5, 0.6) is 0 Å². The molecule has 14 aromatic rings. The van der Waals surface area contributed by atoms with E-state index in [1.54, 1.807) is 4.57 Å². The van der Waals surface area contributed by atoms with Gasteiger partial charge in [0.05, 0.1) is 33.4 Å². The lowest BCUT2D eigenvalue weighted by Gasteiger charge is -2.46. The lowest BCUT2D eigenvalue weighted by atomic mass is 9.33. The third-order valence-corrected chi connectivity index (χ3v) is 20.3. The number of nitrogens with zero attached hydrogens (tertiary/aromatic N) is 3. The van der Waals surface area contributed by atoms with Crippen molar-refractivity contribution in [1.29, 1.82) is 0 Å². The Morgan fingerprint density at radius 3 is 1.05 bits per heavy atom. The molecule has 0 bridgehead atoms. The fraction of sp³-hybridized carbons (Fsp3) is 0.170. The van der Waals surface area contributed by atoms with E-state index < -0.39 is 30.9 Å². The van der Waals surface area contributed by atoms with Gasteiger partial charge in [0.2, 0.25) is 0 Å². The van der Waals surface area contributed by atoms with Gasteiger partial charge in [0.25, 0.3) is 6.71 Å². The van der Waals surface area contributed by atoms with E-state index in [-0.39, 0.29) is 67.6 Å². The number of fused-ring (bicyclic) bond motifs is 7. The minimum absolute atomic E-state index is 0.0137. The first kappa shape index (κ1) is 53.5. The third kappa shape index (κ3) is 10.8. The second-order valence-corrected chi connectivity index (χ2v) is 30.8. The van der Waals surface area contributed by atoms with Gasteiger partial charge in [-0.25, -0.2) is 0 Å². The van der Waals surface area contributed by atoms with E-state index in [0.29, 0.717) is 5.69 Å². The molecule has 1 aromatic heterocycles. The normalized spacial score (nSPS) is 14.2. The predicted octanol–water partition coefficient (Wildman–Crippen LogP) is 24.1. The van der Waals surface area contributed by atoms with Crippen LogP contribution in [0.1, 0.15) is 116 Å². The summed E-state index contributed by atoms with van der Waals surface area (Å²) in [5.74, 6) is 0. The predicted molar refractivity (Wildman–Crippen MR) is 422 cm³/mol. The largest absolute Gasteiger partial charge is 0.310 e. The molecule has 3 heterocycles. The van der Waals surface area contributed by atoms with Crippen molar-refractivity contribution in [3.63, 3.8) is 0 Å². The molecule has 0 fully saturated rings. The van der Waals surface area contributed by atoms with E-state index in [1.165, 1.54) is 22.3 Å². The second-order valence-electron chi connectivity index (χ2n) is 30.8. The summed E-state index contributed by atoms with van der Waals surface area (Å²) < 4.78 is 77.1. The zero-order valence-electron chi connectivity index (χ0n) is 66.0. The number of benzene rings is 13. The van der Waals surface area contributed by atoms with Gasteiger partial charge in [-0.05, 0) is 147 Å². The van der Waals surface area contributed by atoms with E-state index in [2.05, 4.69) is 329 Å². The lowest BCUT2D eigenvalue weighted by molar-refractivity contribution is 0.590. The quantitative estimate of drug-likeness (QED) is 0.133. The number of rotatable bonds is 9. The maximum atomic E-state index is 9.83. The maximum Gasteiger partial charge on any atom is 0.252 e. The summed E-state index contributed by atoms with van der Waals surface area (Å²) in [5.41, 5.74) is 25.7. The maximum absolute atomic E-state index is 9.83. The van der Waals surface area contributed by atoms with Crippen LogP contribution in [-0.4, -0.2) is 11.3 Å². The molecule has 0 unspecified atom stereocenters. The van der Waals surface area contributed by atoms with Gasteiger partial charge in [-0.15, -0.1) is 0 Å². The Balaban J connectivity index is 1.10. The molecule has 2 aliphatic heterocycles. The Morgan fingerprint density at radius 1 is 0.286 bits per heavy atom. The van der Waals surface area contributed by atoms with Crippen LogP contribution >= 0.6 is 0 Å². The van der Waals surface area contributed by atoms with Crippen molar-refractivity contribution in [2.75, 3.05) is 9.80 Å². The molecule has 3 nitrogen and oxygen atoms in total. The van der Waals surface area contributed by atoms with E-state index in [1.807, 2.05) is 6.07 Å². The van der Waals surface area contributed by atoms with E-state index in [9.17, 15) is 8.22 Å². The number of para-hydroxylation sites is 4. The van der Waals surface area contributed by atoms with Gasteiger partial charge >= 0.3 is 0 Å². The highest BCUT2D eigenvalue weighted by Gasteiger charge is 2.46. The molecule has 13 aromatic carbocycles. The molecule has 16 rings (SSSR count). The summed E-state index contributed by atoms with van der Waals surface area (Å²) in [6, 6.07) is 85.3. The van der Waals surface area contributed by atoms with Crippen molar-refractivity contribution in [2.24, 2.45) is 0 Å². The van der Waals surface area contributed by atoms with Crippen molar-refractivity contribution in [1.82, 2.24) is 4.57 Å². The molecule has 0 saturated carbocycles. The van der Waals surface area contributed by atoms with Crippen LogP contribution in [0.2, 0.25) is 0 Å². The van der Waals surface area contributed by atoms with Crippen LogP contribution < -0.4 is 26.2 Å². The Labute approximate surface area is 591 Å². The number of hydrogen-bond acceptors (Lipinski definition) is 2. The van der Waals surface area contributed by atoms with Crippen molar-refractivity contribution in [3.05, 3.63) is 313 Å². The van der Waals surface area contributed by atoms with E-state index >= 15 is 0 Å². The van der Waals surface area contributed by atoms with Crippen molar-refractivity contribution in [2.45, 2.75) is 105 Å². The zero-order chi connectivity index (χ0) is 74.5. The van der Waals surface area contributed by atoms with Crippen LogP contribution in [0, 0.1) is 0 Å². The second kappa shape index (κ2) is 23.6. The van der Waals surface area contributed by atoms with Crippen molar-refractivity contribution in [3.8, 4) is 72.4 Å². The van der Waals surface area contributed by atoms with Crippen LogP contribution in [-0.2, 0) is 21.7 Å². The molecular weight excluding hydrogens is 1180 g/mol. The monoisotopic (exact) mass is 1270 g/mol. The van der Waals surface area contributed by atoms with E-state index in [0.717, 1.165) is 117 Å². The summed E-state index contributed by atoms with van der Waals surface area (Å²) in [4.78, 5) is 5.01. The van der Waals surface area contributed by atoms with Gasteiger partial charge in [-0.2, -0.15) is 0 Å². The highest BCUT2D eigenvalue weighted by Crippen LogP contribution is 2.55. The van der Waals surface area contributed by atoms with Gasteiger partial charge in [0.15, 0.2) is 0 Å². The number of aromatic nitrogens is 1. The third-order valence-electron chi connectivity index (χ3n) is 20.3. The molecule has 0 spiro atoms. The first-order chi connectivity index (χ1) is 50.5. The molecule has 4 heteroatoms.